The molecule has 8 rings (SSSR count). The Kier molecular flexibility index (Phi) is 13.1. The molecule has 12 nitrogen and oxygen atoms in total. The highest BCUT2D eigenvalue weighted by Gasteiger charge is 2.60. The Labute approximate surface area is 360 Å². The van der Waals surface area contributed by atoms with Gasteiger partial charge in [-0.2, -0.15) is 47.1 Å². The molecule has 6 aromatic rings. The Morgan fingerprint density at radius 1 is 0.656 bits per heavy atom. The molecule has 2 aliphatic rings. The van der Waals surface area contributed by atoms with Crippen LogP contribution in [0.1, 0.15) is 46.2 Å². The first-order valence-electron chi connectivity index (χ1n) is 17.2. The highest BCUT2D eigenvalue weighted by atomic mass is 35.5. The number of benzene rings is 2. The molecule has 0 radical (unpaired) electrons. The second-order valence-corrected chi connectivity index (χ2v) is 14.7. The van der Waals surface area contributed by atoms with E-state index in [0.29, 0.717) is 11.3 Å². The number of nitrogens with zero attached hydrogens (tertiary/aromatic N) is 11. The maximum Gasteiger partial charge on any atom is 0.400 e. The van der Waals surface area contributed by atoms with Crippen molar-refractivity contribution >= 4 is 57.8 Å². The number of halogens is 11. The van der Waals surface area contributed by atoms with Gasteiger partial charge in [-0.3, -0.25) is 15.1 Å². The van der Waals surface area contributed by atoms with Gasteiger partial charge in [0.25, 0.3) is 0 Å². The highest BCUT2D eigenvalue weighted by molar-refractivity contribution is 6.33. The van der Waals surface area contributed by atoms with E-state index in [-0.39, 0.29) is 59.9 Å². The number of pyridine rings is 2. The molecular formula is C38H23Cl4F7N12. The van der Waals surface area contributed by atoms with Gasteiger partial charge in [0.05, 0.1) is 29.9 Å². The first-order valence-corrected chi connectivity index (χ1v) is 18.7. The summed E-state index contributed by atoms with van der Waals surface area (Å²) in [5.74, 6) is -0.746. The van der Waals surface area contributed by atoms with Gasteiger partial charge in [-0.25, -0.2) is 29.0 Å². The van der Waals surface area contributed by atoms with Crippen molar-refractivity contribution in [2.75, 3.05) is 13.1 Å². The van der Waals surface area contributed by atoms with Gasteiger partial charge >= 0.3 is 12.4 Å². The fourth-order valence-electron chi connectivity index (χ4n) is 6.51. The first-order chi connectivity index (χ1) is 28.9. The zero-order valence-electron chi connectivity index (χ0n) is 30.5. The second kappa shape index (κ2) is 17.9. The molecular weight excluding hydrogens is 899 g/mol. The number of alkyl halides is 6. The topological polar surface area (TPSA) is 170 Å². The Morgan fingerprint density at radius 2 is 1.15 bits per heavy atom. The summed E-state index contributed by atoms with van der Waals surface area (Å²) in [6.45, 7) is -1.09. The van der Waals surface area contributed by atoms with Gasteiger partial charge < -0.3 is 0 Å². The lowest BCUT2D eigenvalue weighted by Gasteiger charge is -2.31. The van der Waals surface area contributed by atoms with Crippen molar-refractivity contribution in [2.45, 2.75) is 36.0 Å². The molecule has 61 heavy (non-hydrogen) atoms. The van der Waals surface area contributed by atoms with Crippen LogP contribution < -0.4 is 0 Å². The van der Waals surface area contributed by atoms with Crippen molar-refractivity contribution in [2.24, 2.45) is 9.98 Å². The van der Waals surface area contributed by atoms with Crippen molar-refractivity contribution in [3.8, 4) is 17.8 Å². The maximum atomic E-state index is 14.2. The summed E-state index contributed by atoms with van der Waals surface area (Å²) in [4.78, 5) is 23.0. The summed E-state index contributed by atoms with van der Waals surface area (Å²) in [7, 11) is 0. The SMILES string of the molecule is N#Cc1cc(C2=NCC(c3cc(Cl)nc(Cl)c3)(C(F)(F)F)C2)ccc1-n1cncn1.N#Cc1cc(C2=NCC(c3cc(Cl)nc(Cl)c3)(C(F)(F)F)C2)ccc1F.c1nc[nH]n1. The Balaban J connectivity index is 0.000000184. The second-order valence-electron chi connectivity index (χ2n) is 13.2. The van der Waals surface area contributed by atoms with Crippen LogP contribution in [0.2, 0.25) is 20.6 Å². The monoisotopic (exact) mass is 920 g/mol. The van der Waals surface area contributed by atoms with Crippen molar-refractivity contribution in [3.05, 3.63) is 146 Å². The minimum Gasteiger partial charge on any atom is -0.288 e. The number of rotatable bonds is 5. The molecule has 0 amide bonds. The van der Waals surface area contributed by atoms with Crippen molar-refractivity contribution < 1.29 is 30.7 Å². The molecule has 0 saturated heterocycles. The molecule has 6 heterocycles. The average Bonchev–Trinajstić information content (AvgIpc) is 4.05. The van der Waals surface area contributed by atoms with Crippen LogP contribution in [0.3, 0.4) is 0 Å². The van der Waals surface area contributed by atoms with Gasteiger partial charge in [-0.15, -0.1) is 0 Å². The number of aliphatic imine (C=N–C) groups is 2. The summed E-state index contributed by atoms with van der Waals surface area (Å²) in [5, 5.41) is 27.8. The van der Waals surface area contributed by atoms with Crippen LogP contribution in [-0.4, -0.2) is 76.8 Å². The molecule has 23 heteroatoms. The summed E-state index contributed by atoms with van der Waals surface area (Å²) < 4.78 is 99.4. The minimum atomic E-state index is -4.63. The number of nitrogens with one attached hydrogen (secondary N) is 1. The van der Waals surface area contributed by atoms with Gasteiger partial charge in [0.1, 0.15) is 74.7 Å². The van der Waals surface area contributed by atoms with Gasteiger partial charge in [0.2, 0.25) is 0 Å². The van der Waals surface area contributed by atoms with E-state index in [9.17, 15) is 36.0 Å². The van der Waals surface area contributed by atoms with Crippen LogP contribution >= 0.6 is 46.4 Å². The molecule has 4 aromatic heterocycles. The largest absolute Gasteiger partial charge is 0.400 e. The number of aromatic nitrogens is 8. The number of aromatic amines is 1. The Bertz CT molecular complexity index is 2640. The van der Waals surface area contributed by atoms with Crippen molar-refractivity contribution in [3.63, 3.8) is 0 Å². The molecule has 1 N–H and O–H groups in total. The summed E-state index contributed by atoms with van der Waals surface area (Å²) in [6, 6.07) is 16.5. The minimum absolute atomic E-state index is 0.0986. The van der Waals surface area contributed by atoms with Gasteiger partial charge in [-0.05, 0) is 70.8 Å². The molecule has 312 valence electrons. The third-order valence-electron chi connectivity index (χ3n) is 9.60. The van der Waals surface area contributed by atoms with Crippen LogP contribution in [0, 0.1) is 28.5 Å². The fraction of sp³-hybridized carbons (Fsp3) is 0.211. The van der Waals surface area contributed by atoms with E-state index in [1.54, 1.807) is 18.2 Å². The standard InChI is InChI=1S/C19H11Cl2F3N6.C17H9Cl2F4N3.C2H3N3/c20-16-4-13(5-17(21)29-16)18(19(22,23)24)6-14(27-8-18)11-1-2-15(12(3-11)7-25)30-10-26-9-28-30;18-14-4-11(5-15(19)26-14)16(17(21,22)23)6-13(25-8-16)9-1-2-12(20)10(3-9)7-24;1-3-2-5-4-1/h1-5,9-10H,6,8H2;1-5H,6,8H2;1-2H,(H,3,4,5). The lowest BCUT2D eigenvalue weighted by atomic mass is 9.77. The van der Waals surface area contributed by atoms with E-state index in [0.717, 1.165) is 30.3 Å². The van der Waals surface area contributed by atoms with Crippen LogP contribution in [-0.2, 0) is 10.8 Å². The normalized spacial score (nSPS) is 18.4. The van der Waals surface area contributed by atoms with Crippen LogP contribution in [0.15, 0.2) is 96.0 Å². The zero-order valence-corrected chi connectivity index (χ0v) is 33.5. The van der Waals surface area contributed by atoms with E-state index < -0.39 is 54.9 Å². The molecule has 2 aromatic carbocycles. The molecule has 0 fully saturated rings. The highest BCUT2D eigenvalue weighted by Crippen LogP contribution is 2.50. The number of H-pyrrole nitrogens is 1. The van der Waals surface area contributed by atoms with E-state index in [1.165, 1.54) is 48.2 Å². The first kappa shape index (κ1) is 44.6. The third kappa shape index (κ3) is 9.50. The van der Waals surface area contributed by atoms with Gasteiger partial charge in [0.15, 0.2) is 0 Å². The van der Waals surface area contributed by atoms with Gasteiger partial charge in [-0.1, -0.05) is 58.5 Å². The fourth-order valence-corrected chi connectivity index (χ4v) is 7.43. The summed E-state index contributed by atoms with van der Waals surface area (Å²) >= 11 is 23.2. The summed E-state index contributed by atoms with van der Waals surface area (Å²) in [5.41, 5.74) is -3.35. The lowest BCUT2D eigenvalue weighted by molar-refractivity contribution is -0.184. The number of nitriles is 2. The van der Waals surface area contributed by atoms with Crippen molar-refractivity contribution in [1.29, 1.82) is 10.5 Å². The lowest BCUT2D eigenvalue weighted by Crippen LogP contribution is -2.43. The molecule has 0 bridgehead atoms. The average molecular weight is 922 g/mol. The van der Waals surface area contributed by atoms with E-state index in [1.807, 2.05) is 6.07 Å². The third-order valence-corrected chi connectivity index (χ3v) is 10.4. The van der Waals surface area contributed by atoms with Crippen LogP contribution in [0.25, 0.3) is 5.69 Å². The van der Waals surface area contributed by atoms with Gasteiger partial charge in [0, 0.05) is 24.3 Å². The predicted octanol–water partition coefficient (Wildman–Crippen LogP) is 9.43. The van der Waals surface area contributed by atoms with Crippen LogP contribution in [0.5, 0.6) is 0 Å². The maximum absolute atomic E-state index is 14.2. The quantitative estimate of drug-likeness (QED) is 0.132. The van der Waals surface area contributed by atoms with Crippen molar-refractivity contribution in [1.82, 2.24) is 39.9 Å². The van der Waals surface area contributed by atoms with Crippen LogP contribution in [0.4, 0.5) is 30.7 Å². The molecule has 0 aliphatic carbocycles. The molecule has 2 aliphatic heterocycles. The Hall–Kier alpha value is -5.99. The molecule has 0 spiro atoms. The number of hydrogen-bond acceptors (Lipinski definition) is 10. The molecule has 0 saturated carbocycles. The Morgan fingerprint density at radius 3 is 1.54 bits per heavy atom. The van der Waals surface area contributed by atoms with E-state index in [4.69, 9.17) is 51.7 Å². The zero-order chi connectivity index (χ0) is 44.2. The number of hydrogen-bond donors (Lipinski definition) is 1. The molecule has 2 atom stereocenters. The molecule has 2 unspecified atom stereocenters. The van der Waals surface area contributed by atoms with E-state index >= 15 is 0 Å². The predicted molar refractivity (Wildman–Crippen MR) is 210 cm³/mol. The summed E-state index contributed by atoms with van der Waals surface area (Å²) in [6.07, 6.45) is -4.44. The van der Waals surface area contributed by atoms with E-state index in [2.05, 4.69) is 45.2 Å². The smallest absolute Gasteiger partial charge is 0.288 e.